The molecule has 1 N–H and O–H groups in total. The minimum absolute atomic E-state index is 0.00532. The number of allylic oxidation sites excluding steroid dienone is 1. The van der Waals surface area contributed by atoms with Crippen molar-refractivity contribution in [3.8, 4) is 11.5 Å². The Labute approximate surface area is 221 Å². The van der Waals surface area contributed by atoms with E-state index >= 15 is 0 Å². The monoisotopic (exact) mass is 530 g/mol. The van der Waals surface area contributed by atoms with Crippen LogP contribution in [0.2, 0.25) is 0 Å². The number of aromatic nitrogens is 2. The topological polar surface area (TPSA) is 125 Å². The summed E-state index contributed by atoms with van der Waals surface area (Å²) in [7, 11) is 0. The van der Waals surface area contributed by atoms with E-state index in [9.17, 15) is 19.5 Å². The first-order valence-electron chi connectivity index (χ1n) is 11.8. The van der Waals surface area contributed by atoms with Gasteiger partial charge >= 0.3 is 11.9 Å². The van der Waals surface area contributed by atoms with Gasteiger partial charge in [-0.1, -0.05) is 18.2 Å². The summed E-state index contributed by atoms with van der Waals surface area (Å²) in [4.78, 5) is 38.6. The van der Waals surface area contributed by atoms with Crippen molar-refractivity contribution in [2.75, 3.05) is 19.8 Å². The summed E-state index contributed by atoms with van der Waals surface area (Å²) in [5.41, 5.74) is 2.71. The Kier molecular flexibility index (Phi) is 7.14. The van der Waals surface area contributed by atoms with Crippen LogP contribution in [0.1, 0.15) is 38.8 Å². The van der Waals surface area contributed by atoms with E-state index in [4.69, 9.17) is 14.2 Å². The lowest BCUT2D eigenvalue weighted by atomic mass is 9.89. The number of nitrogens with zero attached hydrogens (tertiary/aromatic N) is 2. The zero-order valence-electron chi connectivity index (χ0n) is 20.3. The number of benzene rings is 3. The molecule has 0 atom stereocenters. The van der Waals surface area contributed by atoms with Crippen LogP contribution in [0.25, 0.3) is 16.6 Å². The molecule has 0 aliphatic carbocycles. The number of hydrogen-bond acceptors (Lipinski definition) is 9. The molecule has 2 heterocycles. The summed E-state index contributed by atoms with van der Waals surface area (Å²) in [5.74, 6) is -1.24. The number of aliphatic carboxylic acids is 1. The molecule has 0 spiro atoms. The molecular formula is C28H22N2O7S. The molecule has 0 amide bonds. The van der Waals surface area contributed by atoms with E-state index in [1.807, 2.05) is 0 Å². The summed E-state index contributed by atoms with van der Waals surface area (Å²) < 4.78 is 24.6. The van der Waals surface area contributed by atoms with Gasteiger partial charge in [-0.15, -0.1) is 0 Å². The van der Waals surface area contributed by atoms with Crippen LogP contribution in [0.4, 0.5) is 0 Å². The van der Waals surface area contributed by atoms with E-state index in [1.165, 1.54) is 0 Å². The molecule has 38 heavy (non-hydrogen) atoms. The fourth-order valence-corrected chi connectivity index (χ4v) is 4.70. The molecule has 3 aromatic carbocycles. The van der Waals surface area contributed by atoms with Crippen LogP contribution in [-0.2, 0) is 16.0 Å². The van der Waals surface area contributed by atoms with Gasteiger partial charge < -0.3 is 19.3 Å². The van der Waals surface area contributed by atoms with Crippen LogP contribution >= 0.6 is 11.7 Å². The molecule has 1 aliphatic heterocycles. The number of esters is 1. The third-order valence-electron chi connectivity index (χ3n) is 5.98. The third kappa shape index (κ3) is 5.12. The smallest absolute Gasteiger partial charge is 0.338 e. The molecule has 0 radical (unpaired) electrons. The number of hydrogen-bond donors (Lipinski definition) is 1. The Balaban J connectivity index is 1.61. The van der Waals surface area contributed by atoms with Gasteiger partial charge in [-0.05, 0) is 60.5 Å². The summed E-state index contributed by atoms with van der Waals surface area (Å²) in [6.07, 6.45) is 0.00532. The van der Waals surface area contributed by atoms with Crippen LogP contribution < -0.4 is 9.47 Å². The van der Waals surface area contributed by atoms with Crippen LogP contribution in [0, 0.1) is 0 Å². The molecule has 10 heteroatoms. The zero-order chi connectivity index (χ0) is 26.6. The number of fused-ring (bicyclic) bond motifs is 2. The first-order valence-corrected chi connectivity index (χ1v) is 12.6. The van der Waals surface area contributed by atoms with Gasteiger partial charge in [-0.25, -0.2) is 9.59 Å². The molecule has 5 rings (SSSR count). The largest absolute Gasteiger partial charge is 0.486 e. The lowest BCUT2D eigenvalue weighted by Crippen LogP contribution is -2.17. The predicted molar refractivity (Wildman–Crippen MR) is 140 cm³/mol. The molecule has 0 bridgehead atoms. The maximum Gasteiger partial charge on any atom is 0.338 e. The van der Waals surface area contributed by atoms with Crippen molar-refractivity contribution < 1.29 is 33.7 Å². The maximum atomic E-state index is 13.9. The minimum atomic E-state index is -1.25. The molecule has 0 saturated heterocycles. The number of carbonyl (C=O) groups excluding carboxylic acids is 2. The summed E-state index contributed by atoms with van der Waals surface area (Å²) >= 11 is 1.02. The van der Waals surface area contributed by atoms with Gasteiger partial charge in [0.15, 0.2) is 17.3 Å². The molecule has 1 aromatic heterocycles. The predicted octanol–water partition coefficient (Wildman–Crippen LogP) is 4.60. The fourth-order valence-electron chi connectivity index (χ4n) is 4.18. The van der Waals surface area contributed by atoms with E-state index in [0.29, 0.717) is 52.4 Å². The zero-order valence-corrected chi connectivity index (χ0v) is 21.1. The van der Waals surface area contributed by atoms with Crippen molar-refractivity contribution in [1.82, 2.24) is 8.75 Å². The van der Waals surface area contributed by atoms with Crippen molar-refractivity contribution in [3.05, 3.63) is 88.5 Å². The SMILES string of the molecule is CCOC(=O)c1ccc(CC(C(=O)c2ccc3c(c2)OCCO3)=C(C(=O)O)c2ccc3nsnc3c2)cc1. The highest BCUT2D eigenvalue weighted by molar-refractivity contribution is 7.00. The Morgan fingerprint density at radius 1 is 0.868 bits per heavy atom. The number of carbonyl (C=O) groups is 3. The van der Waals surface area contributed by atoms with Gasteiger partial charge in [0.2, 0.25) is 0 Å². The number of rotatable bonds is 8. The fraction of sp³-hybridized carbons (Fsp3) is 0.179. The average Bonchev–Trinajstić information content (AvgIpc) is 3.40. The average molecular weight is 531 g/mol. The number of ether oxygens (including phenoxy) is 3. The van der Waals surface area contributed by atoms with Crippen LogP contribution in [0.5, 0.6) is 11.5 Å². The number of Topliss-reactive ketones (excluding diaryl/α,β-unsaturated/α-hetero) is 1. The van der Waals surface area contributed by atoms with Gasteiger partial charge in [0.05, 0.1) is 29.5 Å². The molecule has 0 saturated carbocycles. The maximum absolute atomic E-state index is 13.9. The summed E-state index contributed by atoms with van der Waals surface area (Å²) in [5, 5.41) is 10.3. The second kappa shape index (κ2) is 10.8. The molecule has 0 unspecified atom stereocenters. The van der Waals surface area contributed by atoms with Crippen molar-refractivity contribution >= 4 is 46.1 Å². The van der Waals surface area contributed by atoms with Crippen LogP contribution in [0.3, 0.4) is 0 Å². The van der Waals surface area contributed by atoms with E-state index in [1.54, 1.807) is 67.6 Å². The van der Waals surface area contributed by atoms with Crippen molar-refractivity contribution in [3.63, 3.8) is 0 Å². The van der Waals surface area contributed by atoms with Gasteiger partial charge in [-0.3, -0.25) is 4.79 Å². The van der Waals surface area contributed by atoms with Crippen LogP contribution in [-0.4, -0.2) is 51.4 Å². The summed E-state index contributed by atoms with van der Waals surface area (Å²) in [6, 6.07) is 16.2. The second-order valence-corrected chi connectivity index (χ2v) is 8.94. The Morgan fingerprint density at radius 3 is 2.29 bits per heavy atom. The third-order valence-corrected chi connectivity index (χ3v) is 6.54. The van der Waals surface area contributed by atoms with E-state index in [-0.39, 0.29) is 29.7 Å². The van der Waals surface area contributed by atoms with Crippen molar-refractivity contribution in [1.29, 1.82) is 0 Å². The molecule has 9 nitrogen and oxygen atoms in total. The quantitative estimate of drug-likeness (QED) is 0.198. The lowest BCUT2D eigenvalue weighted by molar-refractivity contribution is -0.130. The highest BCUT2D eigenvalue weighted by atomic mass is 32.1. The summed E-state index contributed by atoms with van der Waals surface area (Å²) in [6.45, 7) is 2.73. The second-order valence-electron chi connectivity index (χ2n) is 8.41. The lowest BCUT2D eigenvalue weighted by Gasteiger charge is -2.19. The number of carboxylic acids is 1. The first-order chi connectivity index (χ1) is 18.4. The highest BCUT2D eigenvalue weighted by Gasteiger charge is 2.26. The van der Waals surface area contributed by atoms with Crippen molar-refractivity contribution in [2.45, 2.75) is 13.3 Å². The first kappa shape index (κ1) is 25.1. The number of carboxylic acid groups (broad SMARTS) is 1. The standard InChI is InChI=1S/C28H22N2O7S/c1-2-35-28(34)17-5-3-16(4-6-17)13-20(26(31)19-8-10-23-24(15-19)37-12-11-36-23)25(27(32)33)18-7-9-21-22(14-18)30-38-29-21/h3-10,14-15H,2,11-13H2,1H3,(H,32,33). The van der Waals surface area contributed by atoms with Crippen LogP contribution in [0.15, 0.2) is 66.2 Å². The Bertz CT molecular complexity index is 1570. The van der Waals surface area contributed by atoms with Gasteiger partial charge in [0.1, 0.15) is 24.2 Å². The Morgan fingerprint density at radius 2 is 1.55 bits per heavy atom. The van der Waals surface area contributed by atoms with Gasteiger partial charge in [-0.2, -0.15) is 8.75 Å². The Hall–Kier alpha value is -4.57. The van der Waals surface area contributed by atoms with E-state index in [2.05, 4.69) is 8.75 Å². The van der Waals surface area contributed by atoms with Gasteiger partial charge in [0, 0.05) is 17.6 Å². The molecule has 4 aromatic rings. The van der Waals surface area contributed by atoms with Crippen molar-refractivity contribution in [2.24, 2.45) is 0 Å². The molecular weight excluding hydrogens is 508 g/mol. The molecule has 1 aliphatic rings. The normalized spacial score (nSPS) is 13.1. The van der Waals surface area contributed by atoms with E-state index < -0.39 is 17.7 Å². The molecule has 192 valence electrons. The highest BCUT2D eigenvalue weighted by Crippen LogP contribution is 2.33. The minimum Gasteiger partial charge on any atom is -0.486 e. The molecule has 0 fully saturated rings. The van der Waals surface area contributed by atoms with Gasteiger partial charge in [0.25, 0.3) is 0 Å². The number of ketones is 1. The van der Waals surface area contributed by atoms with E-state index in [0.717, 1.165) is 11.7 Å².